The van der Waals surface area contributed by atoms with E-state index in [1.165, 1.54) is 22.1 Å². The molecule has 1 aliphatic heterocycles. The SMILES string of the molecule is Cc1ccc(NC(=O)c2ccc(Cl)cc2)cc1CCN1CCC(c2c[nH]c3ccc(Cl)cc23)CC1. The molecule has 5 rings (SSSR count). The standard InChI is InChI=1S/C29H29Cl2N3O/c1-19-2-8-25(33-29(35)21-3-5-23(30)6-4-21)16-22(19)12-15-34-13-10-20(11-14-34)27-18-32-28-9-7-24(31)17-26(27)28/h2-9,16-18,20,32H,10-15H2,1H3,(H,33,35). The normalized spacial score (nSPS) is 14.9. The highest BCUT2D eigenvalue weighted by Gasteiger charge is 2.23. The van der Waals surface area contributed by atoms with E-state index in [2.05, 4.69) is 52.6 Å². The van der Waals surface area contributed by atoms with E-state index in [1.807, 2.05) is 12.1 Å². The van der Waals surface area contributed by atoms with Crippen LogP contribution in [0.4, 0.5) is 5.69 Å². The van der Waals surface area contributed by atoms with Crippen LogP contribution in [-0.2, 0) is 6.42 Å². The Kier molecular flexibility index (Phi) is 7.14. The second-order valence-corrected chi connectivity index (χ2v) is 10.3. The summed E-state index contributed by atoms with van der Waals surface area (Å²) in [5.74, 6) is 0.434. The average Bonchev–Trinajstić information content (AvgIpc) is 3.28. The summed E-state index contributed by atoms with van der Waals surface area (Å²) < 4.78 is 0. The number of carbonyl (C=O) groups excluding carboxylic acids is 1. The highest BCUT2D eigenvalue weighted by molar-refractivity contribution is 6.31. The predicted molar refractivity (Wildman–Crippen MR) is 146 cm³/mol. The number of anilines is 1. The minimum Gasteiger partial charge on any atom is -0.361 e. The van der Waals surface area contributed by atoms with Gasteiger partial charge in [0.1, 0.15) is 0 Å². The predicted octanol–water partition coefficient (Wildman–Crippen LogP) is 7.46. The summed E-state index contributed by atoms with van der Waals surface area (Å²) in [7, 11) is 0. The lowest BCUT2D eigenvalue weighted by atomic mass is 9.89. The summed E-state index contributed by atoms with van der Waals surface area (Å²) in [6.45, 7) is 5.32. The van der Waals surface area contributed by atoms with Crippen molar-refractivity contribution < 1.29 is 4.79 Å². The van der Waals surface area contributed by atoms with Gasteiger partial charge >= 0.3 is 0 Å². The van der Waals surface area contributed by atoms with Gasteiger partial charge in [-0.2, -0.15) is 0 Å². The van der Waals surface area contributed by atoms with Gasteiger partial charge in [-0.15, -0.1) is 0 Å². The van der Waals surface area contributed by atoms with E-state index in [0.29, 0.717) is 16.5 Å². The number of halogens is 2. The zero-order valence-corrected chi connectivity index (χ0v) is 21.3. The number of nitrogens with one attached hydrogen (secondary N) is 2. The van der Waals surface area contributed by atoms with Crippen molar-refractivity contribution in [2.24, 2.45) is 0 Å². The number of nitrogens with zero attached hydrogens (tertiary/aromatic N) is 1. The van der Waals surface area contributed by atoms with Gasteiger partial charge in [0, 0.05) is 44.9 Å². The Morgan fingerprint density at radius 2 is 1.74 bits per heavy atom. The van der Waals surface area contributed by atoms with Crippen LogP contribution >= 0.6 is 23.2 Å². The zero-order chi connectivity index (χ0) is 24.4. The third-order valence-electron chi connectivity index (χ3n) is 7.11. The summed E-state index contributed by atoms with van der Waals surface area (Å²) in [5, 5.41) is 5.68. The van der Waals surface area contributed by atoms with E-state index in [1.54, 1.807) is 24.3 Å². The van der Waals surface area contributed by atoms with Crippen molar-refractivity contribution in [3.63, 3.8) is 0 Å². The second-order valence-electron chi connectivity index (χ2n) is 9.40. The van der Waals surface area contributed by atoms with Crippen LogP contribution in [0.5, 0.6) is 0 Å². The fourth-order valence-corrected chi connectivity index (χ4v) is 5.32. The molecule has 0 unspecified atom stereocenters. The molecule has 0 radical (unpaired) electrons. The number of fused-ring (bicyclic) bond motifs is 1. The van der Waals surface area contributed by atoms with E-state index < -0.39 is 0 Å². The molecule has 1 aromatic heterocycles. The number of rotatable bonds is 6. The number of aryl methyl sites for hydroxylation is 1. The van der Waals surface area contributed by atoms with Crippen molar-refractivity contribution in [2.75, 3.05) is 25.0 Å². The largest absolute Gasteiger partial charge is 0.361 e. The number of H-pyrrole nitrogens is 1. The molecule has 0 spiro atoms. The quantitative estimate of drug-likeness (QED) is 0.285. The van der Waals surface area contributed by atoms with Gasteiger partial charge < -0.3 is 15.2 Å². The van der Waals surface area contributed by atoms with Gasteiger partial charge in [0.2, 0.25) is 0 Å². The maximum absolute atomic E-state index is 12.6. The lowest BCUT2D eigenvalue weighted by Crippen LogP contribution is -2.34. The van der Waals surface area contributed by atoms with Gasteiger partial charge in [0.15, 0.2) is 0 Å². The van der Waals surface area contributed by atoms with Gasteiger partial charge in [-0.05, 0) is 116 Å². The monoisotopic (exact) mass is 505 g/mol. The van der Waals surface area contributed by atoms with E-state index >= 15 is 0 Å². The molecule has 4 nitrogen and oxygen atoms in total. The molecular formula is C29H29Cl2N3O. The van der Waals surface area contributed by atoms with Crippen LogP contribution in [0.1, 0.15) is 45.8 Å². The van der Waals surface area contributed by atoms with Crippen LogP contribution in [0.2, 0.25) is 10.0 Å². The molecule has 2 heterocycles. The summed E-state index contributed by atoms with van der Waals surface area (Å²) in [5.41, 5.74) is 6.49. The van der Waals surface area contributed by atoms with Crippen LogP contribution in [0.25, 0.3) is 10.9 Å². The highest BCUT2D eigenvalue weighted by atomic mass is 35.5. The highest BCUT2D eigenvalue weighted by Crippen LogP contribution is 2.34. The third kappa shape index (κ3) is 5.56. The van der Waals surface area contributed by atoms with Crippen LogP contribution in [-0.4, -0.2) is 35.4 Å². The van der Waals surface area contributed by atoms with E-state index in [-0.39, 0.29) is 5.91 Å². The number of aromatic nitrogens is 1. The van der Waals surface area contributed by atoms with Gasteiger partial charge in [-0.1, -0.05) is 29.3 Å². The summed E-state index contributed by atoms with van der Waals surface area (Å²) >= 11 is 12.2. The maximum atomic E-state index is 12.6. The van der Waals surface area contributed by atoms with Gasteiger partial charge in [-0.25, -0.2) is 0 Å². The summed E-state index contributed by atoms with van der Waals surface area (Å²) in [6, 6.07) is 19.2. The molecule has 1 aliphatic rings. The van der Waals surface area contributed by atoms with Crippen LogP contribution in [0.3, 0.4) is 0 Å². The van der Waals surface area contributed by atoms with E-state index in [4.69, 9.17) is 23.2 Å². The van der Waals surface area contributed by atoms with E-state index in [0.717, 1.165) is 55.1 Å². The minimum atomic E-state index is -0.128. The van der Waals surface area contributed by atoms with Crippen molar-refractivity contribution in [2.45, 2.75) is 32.1 Å². The number of hydrogen-bond donors (Lipinski definition) is 2. The first-order chi connectivity index (χ1) is 17.0. The van der Waals surface area contributed by atoms with Crippen molar-refractivity contribution in [1.82, 2.24) is 9.88 Å². The fourth-order valence-electron chi connectivity index (χ4n) is 5.02. The Bertz CT molecular complexity index is 1340. The topological polar surface area (TPSA) is 48.1 Å². The molecule has 0 aliphatic carbocycles. The molecule has 0 atom stereocenters. The maximum Gasteiger partial charge on any atom is 0.255 e. The number of amides is 1. The van der Waals surface area contributed by atoms with Crippen molar-refractivity contribution in [3.8, 4) is 0 Å². The van der Waals surface area contributed by atoms with Gasteiger partial charge in [0.05, 0.1) is 0 Å². The molecule has 4 aromatic rings. The third-order valence-corrected chi connectivity index (χ3v) is 7.60. The first kappa shape index (κ1) is 23.9. The number of benzene rings is 3. The fraction of sp³-hybridized carbons (Fsp3) is 0.276. The van der Waals surface area contributed by atoms with Crippen molar-refractivity contribution in [1.29, 1.82) is 0 Å². The molecule has 35 heavy (non-hydrogen) atoms. The Balaban J connectivity index is 1.17. The molecule has 0 saturated carbocycles. The Morgan fingerprint density at radius 3 is 2.51 bits per heavy atom. The molecule has 2 N–H and O–H groups in total. The first-order valence-electron chi connectivity index (χ1n) is 12.1. The molecule has 1 fully saturated rings. The molecule has 1 saturated heterocycles. The lowest BCUT2D eigenvalue weighted by molar-refractivity contribution is 0.102. The van der Waals surface area contributed by atoms with Crippen LogP contribution < -0.4 is 5.32 Å². The Labute approximate surface area is 216 Å². The van der Waals surface area contributed by atoms with Crippen LogP contribution in [0, 0.1) is 6.92 Å². The molecule has 1 amide bonds. The molecule has 3 aromatic carbocycles. The Morgan fingerprint density at radius 1 is 1.00 bits per heavy atom. The van der Waals surface area contributed by atoms with Crippen molar-refractivity contribution >= 4 is 45.7 Å². The summed E-state index contributed by atoms with van der Waals surface area (Å²) in [4.78, 5) is 18.5. The Hall–Kier alpha value is -2.79. The van der Waals surface area contributed by atoms with Crippen LogP contribution in [0.15, 0.2) is 66.9 Å². The molecular weight excluding hydrogens is 477 g/mol. The zero-order valence-electron chi connectivity index (χ0n) is 19.8. The van der Waals surface area contributed by atoms with Gasteiger partial charge in [-0.3, -0.25) is 4.79 Å². The first-order valence-corrected chi connectivity index (χ1v) is 12.9. The minimum absolute atomic E-state index is 0.128. The molecule has 6 heteroatoms. The number of aromatic amines is 1. The number of hydrogen-bond acceptors (Lipinski definition) is 2. The van der Waals surface area contributed by atoms with Crippen molar-refractivity contribution in [3.05, 3.63) is 99.2 Å². The van der Waals surface area contributed by atoms with Gasteiger partial charge in [0.25, 0.3) is 5.91 Å². The smallest absolute Gasteiger partial charge is 0.255 e. The van der Waals surface area contributed by atoms with E-state index in [9.17, 15) is 4.79 Å². The average molecular weight is 506 g/mol. The molecule has 0 bridgehead atoms. The number of piperidine rings is 1. The number of carbonyl (C=O) groups is 1. The second kappa shape index (κ2) is 10.4. The summed E-state index contributed by atoms with van der Waals surface area (Å²) in [6.07, 6.45) is 5.42. The number of likely N-dealkylation sites (tertiary alicyclic amines) is 1. The molecule has 180 valence electrons. The lowest BCUT2D eigenvalue weighted by Gasteiger charge is -2.32.